The number of fused-ring (bicyclic) bond motifs is 1. The van der Waals surface area contributed by atoms with Crippen molar-refractivity contribution in [2.75, 3.05) is 22.6 Å². The van der Waals surface area contributed by atoms with E-state index in [0.717, 1.165) is 22.4 Å². The van der Waals surface area contributed by atoms with Crippen molar-refractivity contribution in [3.63, 3.8) is 0 Å². The predicted molar refractivity (Wildman–Crippen MR) is 77.9 cm³/mol. The van der Waals surface area contributed by atoms with Crippen molar-refractivity contribution in [3.8, 4) is 0 Å². The maximum Gasteiger partial charge on any atom is 0.137 e. The van der Waals surface area contributed by atoms with Crippen LogP contribution in [-0.4, -0.2) is 27.5 Å². The number of benzene rings is 1. The molecule has 3 N–H and O–H groups in total. The topological polar surface area (TPSA) is 63.8 Å². The summed E-state index contributed by atoms with van der Waals surface area (Å²) in [7, 11) is 0. The van der Waals surface area contributed by atoms with Gasteiger partial charge in [0.25, 0.3) is 0 Å². The van der Waals surface area contributed by atoms with Crippen LogP contribution in [0.15, 0.2) is 24.5 Å². The Labute approximate surface area is 110 Å². The summed E-state index contributed by atoms with van der Waals surface area (Å²) in [6.07, 6.45) is 4.00. The van der Waals surface area contributed by atoms with Gasteiger partial charge < -0.3 is 11.1 Å². The molecular formula is C13H16N4S. The molecule has 1 aliphatic rings. The molecule has 0 radical (unpaired) electrons. The molecule has 2 aromatic rings. The molecule has 5 heteroatoms. The Morgan fingerprint density at radius 3 is 2.89 bits per heavy atom. The van der Waals surface area contributed by atoms with Crippen molar-refractivity contribution < 1.29 is 0 Å². The van der Waals surface area contributed by atoms with E-state index in [0.29, 0.717) is 6.04 Å². The van der Waals surface area contributed by atoms with Crippen molar-refractivity contribution in [3.05, 3.63) is 24.5 Å². The summed E-state index contributed by atoms with van der Waals surface area (Å²) in [4.78, 5) is 8.62. The maximum absolute atomic E-state index is 5.77. The van der Waals surface area contributed by atoms with Crippen LogP contribution in [0, 0.1) is 0 Å². The van der Waals surface area contributed by atoms with Gasteiger partial charge >= 0.3 is 0 Å². The average Bonchev–Trinajstić information content (AvgIpc) is 2.40. The van der Waals surface area contributed by atoms with Crippen LogP contribution in [0.1, 0.15) is 12.8 Å². The Balaban J connectivity index is 1.91. The highest BCUT2D eigenvalue weighted by atomic mass is 32.2. The molecule has 1 saturated heterocycles. The Morgan fingerprint density at radius 1 is 1.22 bits per heavy atom. The van der Waals surface area contributed by atoms with Crippen LogP contribution in [0.3, 0.4) is 0 Å². The first-order valence-electron chi connectivity index (χ1n) is 6.17. The van der Waals surface area contributed by atoms with Gasteiger partial charge in [-0.25, -0.2) is 9.97 Å². The summed E-state index contributed by atoms with van der Waals surface area (Å²) >= 11 is 2.03. The number of hydrogen-bond donors (Lipinski definition) is 2. The number of rotatable bonds is 2. The fourth-order valence-electron chi connectivity index (χ4n) is 2.22. The third-order valence-electron chi connectivity index (χ3n) is 3.22. The van der Waals surface area contributed by atoms with Crippen molar-refractivity contribution in [1.82, 2.24) is 9.97 Å². The molecule has 0 aliphatic carbocycles. The lowest BCUT2D eigenvalue weighted by Gasteiger charge is -2.23. The van der Waals surface area contributed by atoms with Crippen molar-refractivity contribution in [2.45, 2.75) is 18.9 Å². The molecule has 1 aliphatic heterocycles. The summed E-state index contributed by atoms with van der Waals surface area (Å²) in [6, 6.07) is 6.30. The number of nitrogens with zero attached hydrogens (tertiary/aromatic N) is 2. The van der Waals surface area contributed by atoms with E-state index in [9.17, 15) is 0 Å². The van der Waals surface area contributed by atoms with Gasteiger partial charge in [0.2, 0.25) is 0 Å². The van der Waals surface area contributed by atoms with E-state index in [4.69, 9.17) is 5.73 Å². The highest BCUT2D eigenvalue weighted by molar-refractivity contribution is 7.99. The summed E-state index contributed by atoms with van der Waals surface area (Å²) in [5.41, 5.74) is 7.41. The van der Waals surface area contributed by atoms with E-state index >= 15 is 0 Å². The van der Waals surface area contributed by atoms with Gasteiger partial charge in [-0.15, -0.1) is 0 Å². The fourth-order valence-corrected chi connectivity index (χ4v) is 3.33. The van der Waals surface area contributed by atoms with Crippen LogP contribution in [0.2, 0.25) is 0 Å². The van der Waals surface area contributed by atoms with E-state index in [2.05, 4.69) is 15.3 Å². The third-order valence-corrected chi connectivity index (χ3v) is 4.27. The van der Waals surface area contributed by atoms with Gasteiger partial charge in [0.1, 0.15) is 12.1 Å². The maximum atomic E-state index is 5.77. The third kappa shape index (κ3) is 2.36. The van der Waals surface area contributed by atoms with E-state index in [1.165, 1.54) is 24.3 Å². The second kappa shape index (κ2) is 5.02. The van der Waals surface area contributed by atoms with Crippen LogP contribution in [0.4, 0.5) is 11.5 Å². The molecule has 0 atom stereocenters. The summed E-state index contributed by atoms with van der Waals surface area (Å²) in [5, 5.41) is 4.58. The molecule has 0 bridgehead atoms. The number of nitrogen functional groups attached to an aromatic ring is 1. The quantitative estimate of drug-likeness (QED) is 0.812. The zero-order chi connectivity index (χ0) is 12.4. The smallest absolute Gasteiger partial charge is 0.137 e. The van der Waals surface area contributed by atoms with Crippen LogP contribution < -0.4 is 11.1 Å². The van der Waals surface area contributed by atoms with Gasteiger partial charge in [-0.05, 0) is 42.5 Å². The number of hydrogen-bond acceptors (Lipinski definition) is 5. The molecule has 0 unspecified atom stereocenters. The minimum atomic E-state index is 0.530. The minimum absolute atomic E-state index is 0.530. The van der Waals surface area contributed by atoms with Crippen molar-refractivity contribution >= 4 is 34.2 Å². The van der Waals surface area contributed by atoms with Crippen LogP contribution in [0.25, 0.3) is 10.9 Å². The molecule has 94 valence electrons. The Hall–Kier alpha value is -1.49. The Bertz CT molecular complexity index is 552. The Morgan fingerprint density at radius 2 is 2.06 bits per heavy atom. The molecule has 4 nitrogen and oxygen atoms in total. The fraction of sp³-hybridized carbons (Fsp3) is 0.385. The number of aromatic nitrogens is 2. The minimum Gasteiger partial charge on any atom is -0.399 e. The van der Waals surface area contributed by atoms with Gasteiger partial charge in [0.15, 0.2) is 0 Å². The number of anilines is 2. The second-order valence-corrected chi connectivity index (χ2v) is 5.75. The zero-order valence-electron chi connectivity index (χ0n) is 10.1. The first kappa shape index (κ1) is 11.6. The van der Waals surface area contributed by atoms with Crippen LogP contribution in [-0.2, 0) is 0 Å². The zero-order valence-corrected chi connectivity index (χ0v) is 10.9. The van der Waals surface area contributed by atoms with Crippen molar-refractivity contribution in [1.29, 1.82) is 0 Å². The summed E-state index contributed by atoms with van der Waals surface area (Å²) in [6.45, 7) is 0. The molecule has 1 aromatic carbocycles. The average molecular weight is 260 g/mol. The standard InChI is InChI=1S/C13H16N4S/c14-9-1-2-11-12(7-9)15-8-16-13(11)17-10-3-5-18-6-4-10/h1-2,7-8,10H,3-6,14H2,(H,15,16,17). The van der Waals surface area contributed by atoms with E-state index in [-0.39, 0.29) is 0 Å². The SMILES string of the molecule is Nc1ccc2c(NC3CCSCC3)ncnc2c1. The molecule has 2 heterocycles. The number of nitrogens with one attached hydrogen (secondary N) is 1. The normalized spacial score (nSPS) is 16.9. The second-order valence-electron chi connectivity index (χ2n) is 4.53. The molecule has 0 saturated carbocycles. The highest BCUT2D eigenvalue weighted by Crippen LogP contribution is 2.25. The molecule has 1 aromatic heterocycles. The molecule has 3 rings (SSSR count). The van der Waals surface area contributed by atoms with Gasteiger partial charge in [-0.2, -0.15) is 11.8 Å². The Kier molecular flexibility index (Phi) is 3.23. The summed E-state index contributed by atoms with van der Waals surface area (Å²) < 4.78 is 0. The monoisotopic (exact) mass is 260 g/mol. The van der Waals surface area contributed by atoms with E-state index in [1.54, 1.807) is 6.33 Å². The van der Waals surface area contributed by atoms with Gasteiger partial charge in [-0.1, -0.05) is 0 Å². The molecule has 18 heavy (non-hydrogen) atoms. The first-order valence-corrected chi connectivity index (χ1v) is 7.33. The van der Waals surface area contributed by atoms with Crippen LogP contribution >= 0.6 is 11.8 Å². The highest BCUT2D eigenvalue weighted by Gasteiger charge is 2.15. The van der Waals surface area contributed by atoms with E-state index < -0.39 is 0 Å². The lowest BCUT2D eigenvalue weighted by atomic mass is 10.1. The molecular weight excluding hydrogens is 244 g/mol. The first-order chi connectivity index (χ1) is 8.83. The van der Waals surface area contributed by atoms with E-state index in [1.807, 2.05) is 30.0 Å². The van der Waals surface area contributed by atoms with Gasteiger partial charge in [-0.3, -0.25) is 0 Å². The van der Waals surface area contributed by atoms with Crippen LogP contribution in [0.5, 0.6) is 0 Å². The lowest BCUT2D eigenvalue weighted by molar-refractivity contribution is 0.664. The molecule has 0 amide bonds. The predicted octanol–water partition coefficient (Wildman–Crippen LogP) is 2.52. The largest absolute Gasteiger partial charge is 0.399 e. The van der Waals surface area contributed by atoms with Gasteiger partial charge in [0, 0.05) is 17.1 Å². The lowest BCUT2D eigenvalue weighted by Crippen LogP contribution is -2.25. The van der Waals surface area contributed by atoms with Gasteiger partial charge in [0.05, 0.1) is 5.52 Å². The number of nitrogens with two attached hydrogens (primary N) is 1. The molecule has 1 fully saturated rings. The van der Waals surface area contributed by atoms with Crippen molar-refractivity contribution in [2.24, 2.45) is 0 Å². The summed E-state index contributed by atoms with van der Waals surface area (Å²) in [5.74, 6) is 3.39. The number of thioether (sulfide) groups is 1. The molecule has 0 spiro atoms.